The summed E-state index contributed by atoms with van der Waals surface area (Å²) in [5.41, 5.74) is 7.78. The average Bonchev–Trinajstić information content (AvgIpc) is 2.75. The van der Waals surface area contributed by atoms with Crippen LogP contribution in [0, 0.1) is 3.57 Å². The minimum absolute atomic E-state index is 0.688. The molecule has 1 aromatic rings. The van der Waals surface area contributed by atoms with E-state index < -0.39 is 0 Å². The van der Waals surface area contributed by atoms with Crippen LogP contribution in [0.2, 0.25) is 0 Å². The zero-order chi connectivity index (χ0) is 12.3. The molecule has 0 bridgehead atoms. The summed E-state index contributed by atoms with van der Waals surface area (Å²) in [5, 5.41) is 3.54. The van der Waals surface area contributed by atoms with E-state index in [2.05, 4.69) is 45.8 Å². The molecule has 2 rings (SSSR count). The maximum absolute atomic E-state index is 5.75. The number of halogens is 1. The molecule has 0 saturated carbocycles. The van der Waals surface area contributed by atoms with Crippen molar-refractivity contribution >= 4 is 34.0 Å². The van der Waals surface area contributed by atoms with E-state index in [1.165, 1.54) is 28.6 Å². The second kappa shape index (κ2) is 5.91. The largest absolute Gasteiger partial charge is 0.399 e. The quantitative estimate of drug-likeness (QED) is 0.651. The fourth-order valence-electron chi connectivity index (χ4n) is 2.45. The van der Waals surface area contributed by atoms with Crippen molar-refractivity contribution in [3.63, 3.8) is 0 Å². The monoisotopic (exact) mass is 345 g/mol. The van der Waals surface area contributed by atoms with Crippen LogP contribution in [-0.4, -0.2) is 30.6 Å². The lowest BCUT2D eigenvalue weighted by Gasteiger charge is -2.23. The molecular formula is C13H20IN3. The van der Waals surface area contributed by atoms with Crippen molar-refractivity contribution < 1.29 is 0 Å². The van der Waals surface area contributed by atoms with Gasteiger partial charge in [-0.3, -0.25) is 4.90 Å². The first-order valence-electron chi connectivity index (χ1n) is 6.23. The number of likely N-dealkylation sites (N-methyl/N-ethyl adjacent to an activating group) is 1. The molecule has 1 atom stereocenters. The highest BCUT2D eigenvalue weighted by molar-refractivity contribution is 14.1. The van der Waals surface area contributed by atoms with Gasteiger partial charge in [-0.2, -0.15) is 0 Å². The summed E-state index contributed by atoms with van der Waals surface area (Å²) in [5.74, 6) is 0. The van der Waals surface area contributed by atoms with E-state index in [1.54, 1.807) is 0 Å². The summed E-state index contributed by atoms with van der Waals surface area (Å²) in [4.78, 5) is 2.55. The molecule has 1 fully saturated rings. The predicted molar refractivity (Wildman–Crippen MR) is 82.3 cm³/mol. The molecule has 3 nitrogen and oxygen atoms in total. The summed E-state index contributed by atoms with van der Waals surface area (Å²) in [6, 6.07) is 6.72. The average molecular weight is 345 g/mol. The Bertz CT molecular complexity index is 381. The Kier molecular flexibility index (Phi) is 4.50. The Morgan fingerprint density at radius 3 is 3.06 bits per heavy atom. The molecule has 1 aliphatic rings. The van der Waals surface area contributed by atoms with Gasteiger partial charge in [0.25, 0.3) is 0 Å². The molecule has 1 heterocycles. The lowest BCUT2D eigenvalue weighted by molar-refractivity contribution is 0.277. The molecule has 0 aliphatic carbocycles. The van der Waals surface area contributed by atoms with E-state index in [0.29, 0.717) is 6.04 Å². The van der Waals surface area contributed by atoms with E-state index >= 15 is 0 Å². The maximum Gasteiger partial charge on any atom is 0.0477 e. The summed E-state index contributed by atoms with van der Waals surface area (Å²) >= 11 is 2.33. The second-order valence-corrected chi connectivity index (χ2v) is 5.71. The fourth-order valence-corrected chi connectivity index (χ4v) is 3.18. The first-order chi connectivity index (χ1) is 8.20. The zero-order valence-corrected chi connectivity index (χ0v) is 12.4. The topological polar surface area (TPSA) is 41.3 Å². The van der Waals surface area contributed by atoms with E-state index in [9.17, 15) is 0 Å². The van der Waals surface area contributed by atoms with Crippen molar-refractivity contribution in [1.82, 2.24) is 4.90 Å². The van der Waals surface area contributed by atoms with Crippen LogP contribution in [0.4, 0.5) is 11.4 Å². The number of anilines is 2. The molecule has 1 aromatic carbocycles. The highest BCUT2D eigenvalue weighted by Gasteiger charge is 2.22. The third-order valence-electron chi connectivity index (χ3n) is 3.43. The third kappa shape index (κ3) is 3.25. The predicted octanol–water partition coefficient (Wildman–Crippen LogP) is 2.77. The van der Waals surface area contributed by atoms with Crippen LogP contribution < -0.4 is 11.1 Å². The van der Waals surface area contributed by atoms with Crippen LogP contribution >= 0.6 is 22.6 Å². The molecule has 94 valence electrons. The van der Waals surface area contributed by atoms with Gasteiger partial charge in [0.05, 0.1) is 0 Å². The fraction of sp³-hybridized carbons (Fsp3) is 0.538. The highest BCUT2D eigenvalue weighted by atomic mass is 127. The Labute approximate surface area is 117 Å². The molecule has 4 heteroatoms. The van der Waals surface area contributed by atoms with Crippen LogP contribution in [0.25, 0.3) is 0 Å². The molecule has 0 radical (unpaired) electrons. The number of nitrogens with zero attached hydrogens (tertiary/aromatic N) is 1. The number of hydrogen-bond acceptors (Lipinski definition) is 3. The first-order valence-corrected chi connectivity index (χ1v) is 7.31. The second-order valence-electron chi connectivity index (χ2n) is 4.54. The van der Waals surface area contributed by atoms with E-state index in [4.69, 9.17) is 5.73 Å². The van der Waals surface area contributed by atoms with Gasteiger partial charge in [0.15, 0.2) is 0 Å². The Morgan fingerprint density at radius 2 is 2.35 bits per heavy atom. The van der Waals surface area contributed by atoms with Crippen LogP contribution in [0.5, 0.6) is 0 Å². The minimum atomic E-state index is 0.688. The first kappa shape index (κ1) is 13.0. The number of hydrogen-bond donors (Lipinski definition) is 2. The van der Waals surface area contributed by atoms with Gasteiger partial charge in [0, 0.05) is 27.5 Å². The molecule has 0 amide bonds. The third-order valence-corrected chi connectivity index (χ3v) is 4.32. The van der Waals surface area contributed by atoms with Gasteiger partial charge in [-0.05, 0) is 66.7 Å². The standard InChI is InChI=1S/C13H20IN3/c1-2-17-7-3-4-11(17)9-16-13-6-5-10(15)8-12(13)14/h5-6,8,11,16H,2-4,7,9,15H2,1H3. The van der Waals surface area contributed by atoms with Gasteiger partial charge in [-0.25, -0.2) is 0 Å². The molecule has 0 spiro atoms. The summed E-state index contributed by atoms with van der Waals surface area (Å²) in [6.45, 7) is 5.69. The van der Waals surface area contributed by atoms with Crippen molar-refractivity contribution in [3.05, 3.63) is 21.8 Å². The molecule has 1 saturated heterocycles. The summed E-state index contributed by atoms with van der Waals surface area (Å²) in [6.07, 6.45) is 2.64. The van der Waals surface area contributed by atoms with Crippen molar-refractivity contribution in [2.45, 2.75) is 25.8 Å². The van der Waals surface area contributed by atoms with Crippen molar-refractivity contribution in [1.29, 1.82) is 0 Å². The summed E-state index contributed by atoms with van der Waals surface area (Å²) < 4.78 is 1.20. The van der Waals surface area contributed by atoms with Crippen LogP contribution in [0.3, 0.4) is 0 Å². The van der Waals surface area contributed by atoms with Gasteiger partial charge >= 0.3 is 0 Å². The van der Waals surface area contributed by atoms with Gasteiger partial charge < -0.3 is 11.1 Å². The van der Waals surface area contributed by atoms with Crippen molar-refractivity contribution in [2.24, 2.45) is 0 Å². The lowest BCUT2D eigenvalue weighted by atomic mass is 10.2. The summed E-state index contributed by atoms with van der Waals surface area (Å²) in [7, 11) is 0. The van der Waals surface area contributed by atoms with Crippen molar-refractivity contribution in [3.8, 4) is 0 Å². The van der Waals surface area contributed by atoms with E-state index in [1.807, 2.05) is 12.1 Å². The smallest absolute Gasteiger partial charge is 0.0477 e. The zero-order valence-electron chi connectivity index (χ0n) is 10.2. The normalized spacial score (nSPS) is 20.7. The van der Waals surface area contributed by atoms with E-state index in [-0.39, 0.29) is 0 Å². The molecular weight excluding hydrogens is 325 g/mol. The Balaban J connectivity index is 1.93. The minimum Gasteiger partial charge on any atom is -0.399 e. The van der Waals surface area contributed by atoms with Gasteiger partial charge in [0.1, 0.15) is 0 Å². The lowest BCUT2D eigenvalue weighted by Crippen LogP contribution is -2.34. The Morgan fingerprint density at radius 1 is 1.53 bits per heavy atom. The highest BCUT2D eigenvalue weighted by Crippen LogP contribution is 2.22. The number of rotatable bonds is 4. The van der Waals surface area contributed by atoms with Gasteiger partial charge in [0.2, 0.25) is 0 Å². The molecule has 1 aliphatic heterocycles. The number of nitrogens with two attached hydrogens (primary N) is 1. The number of likely N-dealkylation sites (tertiary alicyclic amines) is 1. The maximum atomic E-state index is 5.75. The SMILES string of the molecule is CCN1CCCC1CNc1ccc(N)cc1I. The molecule has 0 aromatic heterocycles. The molecule has 17 heavy (non-hydrogen) atoms. The molecule has 1 unspecified atom stereocenters. The van der Waals surface area contributed by atoms with Gasteiger partial charge in [-0.1, -0.05) is 6.92 Å². The Hall–Kier alpha value is -0.490. The number of nitrogen functional groups attached to an aromatic ring is 1. The van der Waals surface area contributed by atoms with Crippen LogP contribution in [0.1, 0.15) is 19.8 Å². The van der Waals surface area contributed by atoms with Crippen LogP contribution in [0.15, 0.2) is 18.2 Å². The number of benzene rings is 1. The molecule has 3 N–H and O–H groups in total. The van der Waals surface area contributed by atoms with Crippen molar-refractivity contribution in [2.75, 3.05) is 30.7 Å². The van der Waals surface area contributed by atoms with Gasteiger partial charge in [-0.15, -0.1) is 0 Å². The number of nitrogens with one attached hydrogen (secondary N) is 1. The van der Waals surface area contributed by atoms with E-state index in [0.717, 1.165) is 18.8 Å². The van der Waals surface area contributed by atoms with Crippen LogP contribution in [-0.2, 0) is 0 Å².